The average molecular weight is 297 g/mol. The van der Waals surface area contributed by atoms with Crippen LogP contribution in [0.15, 0.2) is 53.5 Å². The molecule has 21 heavy (non-hydrogen) atoms. The molecule has 0 unspecified atom stereocenters. The van der Waals surface area contributed by atoms with Gasteiger partial charge in [-0.1, -0.05) is 42.1 Å². The van der Waals surface area contributed by atoms with Gasteiger partial charge in [-0.25, -0.2) is 4.99 Å². The monoisotopic (exact) mass is 297 g/mol. The van der Waals surface area contributed by atoms with Gasteiger partial charge in [-0.05, 0) is 30.0 Å². The Morgan fingerprint density at radius 2 is 2.00 bits per heavy atom. The number of hydrogen-bond donors (Lipinski definition) is 1. The Morgan fingerprint density at radius 3 is 2.62 bits per heavy atom. The molecule has 106 valence electrons. The van der Waals surface area contributed by atoms with Crippen molar-refractivity contribution in [1.29, 1.82) is 5.26 Å². The molecule has 2 aromatic rings. The zero-order valence-corrected chi connectivity index (χ0v) is 12.6. The van der Waals surface area contributed by atoms with Crippen LogP contribution in [-0.4, -0.2) is 18.5 Å². The molecule has 0 aliphatic carbocycles. The SMILES string of the molecule is COc1ccc(N=C(NC#N)SC)cc1-c1ccccc1. The summed E-state index contributed by atoms with van der Waals surface area (Å²) in [6.45, 7) is 0. The van der Waals surface area contributed by atoms with E-state index in [2.05, 4.69) is 10.3 Å². The maximum atomic E-state index is 8.69. The molecule has 1 N–H and O–H groups in total. The third-order valence-electron chi connectivity index (χ3n) is 2.85. The molecule has 0 amide bonds. The van der Waals surface area contributed by atoms with Crippen LogP contribution in [0, 0.1) is 11.5 Å². The highest BCUT2D eigenvalue weighted by atomic mass is 32.2. The highest BCUT2D eigenvalue weighted by molar-refractivity contribution is 8.13. The van der Waals surface area contributed by atoms with E-state index >= 15 is 0 Å². The van der Waals surface area contributed by atoms with E-state index in [1.807, 2.05) is 61.0 Å². The van der Waals surface area contributed by atoms with Crippen molar-refractivity contribution in [1.82, 2.24) is 5.32 Å². The van der Waals surface area contributed by atoms with E-state index in [0.717, 1.165) is 22.6 Å². The van der Waals surface area contributed by atoms with Crippen LogP contribution in [-0.2, 0) is 0 Å². The van der Waals surface area contributed by atoms with Crippen LogP contribution in [0.25, 0.3) is 11.1 Å². The third-order valence-corrected chi connectivity index (χ3v) is 3.43. The summed E-state index contributed by atoms with van der Waals surface area (Å²) >= 11 is 1.39. The number of amidine groups is 1. The number of nitrogens with one attached hydrogen (secondary N) is 1. The van der Waals surface area contributed by atoms with Crippen molar-refractivity contribution in [2.75, 3.05) is 13.4 Å². The Balaban J connectivity index is 2.46. The van der Waals surface area contributed by atoms with Crippen molar-refractivity contribution >= 4 is 22.6 Å². The molecule has 0 aliphatic rings. The molecule has 4 nitrogen and oxygen atoms in total. The lowest BCUT2D eigenvalue weighted by Gasteiger charge is -2.10. The number of ether oxygens (including phenoxy) is 1. The van der Waals surface area contributed by atoms with Crippen molar-refractivity contribution in [2.45, 2.75) is 0 Å². The molecule has 5 heteroatoms. The van der Waals surface area contributed by atoms with Crippen molar-refractivity contribution in [3.05, 3.63) is 48.5 Å². The predicted octanol–water partition coefficient (Wildman–Crippen LogP) is 3.78. The van der Waals surface area contributed by atoms with Crippen molar-refractivity contribution in [3.63, 3.8) is 0 Å². The van der Waals surface area contributed by atoms with Crippen LogP contribution >= 0.6 is 11.8 Å². The topological polar surface area (TPSA) is 57.4 Å². The quantitative estimate of drug-likeness (QED) is 0.405. The van der Waals surface area contributed by atoms with E-state index < -0.39 is 0 Å². The molecule has 0 fully saturated rings. The molecular formula is C16H15N3OS. The number of thioether (sulfide) groups is 1. The molecule has 0 radical (unpaired) electrons. The summed E-state index contributed by atoms with van der Waals surface area (Å²) in [5.74, 6) is 0.791. The van der Waals surface area contributed by atoms with Gasteiger partial charge in [-0.15, -0.1) is 0 Å². The number of nitrogens with zero attached hydrogens (tertiary/aromatic N) is 2. The number of rotatable bonds is 3. The van der Waals surface area contributed by atoms with Gasteiger partial charge in [0, 0.05) is 5.56 Å². The van der Waals surface area contributed by atoms with Gasteiger partial charge in [0.25, 0.3) is 0 Å². The van der Waals surface area contributed by atoms with E-state index in [4.69, 9.17) is 10.00 Å². The van der Waals surface area contributed by atoms with Crippen LogP contribution in [0.2, 0.25) is 0 Å². The largest absolute Gasteiger partial charge is 0.496 e. The van der Waals surface area contributed by atoms with Crippen LogP contribution in [0.5, 0.6) is 5.75 Å². The van der Waals surface area contributed by atoms with Gasteiger partial charge in [0.15, 0.2) is 11.4 Å². The molecule has 0 aliphatic heterocycles. The van der Waals surface area contributed by atoms with Crippen molar-refractivity contribution in [3.8, 4) is 23.1 Å². The van der Waals surface area contributed by atoms with Crippen LogP contribution in [0.1, 0.15) is 0 Å². The second-order valence-corrected chi connectivity index (χ2v) is 4.90. The summed E-state index contributed by atoms with van der Waals surface area (Å²) in [6.07, 6.45) is 3.75. The van der Waals surface area contributed by atoms with Gasteiger partial charge in [0.1, 0.15) is 5.75 Å². The van der Waals surface area contributed by atoms with Crippen LogP contribution in [0.4, 0.5) is 5.69 Å². The lowest BCUT2D eigenvalue weighted by molar-refractivity contribution is 0.416. The smallest absolute Gasteiger partial charge is 0.183 e. The first-order valence-corrected chi connectivity index (χ1v) is 7.52. The normalized spacial score (nSPS) is 10.8. The van der Waals surface area contributed by atoms with Crippen LogP contribution in [0.3, 0.4) is 0 Å². The first-order chi connectivity index (χ1) is 10.3. The maximum Gasteiger partial charge on any atom is 0.183 e. The Labute approximate surface area is 128 Å². The summed E-state index contributed by atoms with van der Waals surface area (Å²) in [5, 5.41) is 11.8. The minimum atomic E-state index is 0.557. The molecule has 0 heterocycles. The van der Waals surface area contributed by atoms with Crippen molar-refractivity contribution < 1.29 is 4.74 Å². The zero-order valence-electron chi connectivity index (χ0n) is 11.8. The molecular weight excluding hydrogens is 282 g/mol. The minimum Gasteiger partial charge on any atom is -0.496 e. The number of aliphatic imine (C=N–C) groups is 1. The van der Waals surface area contributed by atoms with Gasteiger partial charge >= 0.3 is 0 Å². The van der Waals surface area contributed by atoms with Gasteiger partial charge in [-0.3, -0.25) is 5.32 Å². The fraction of sp³-hybridized carbons (Fsp3) is 0.125. The molecule has 2 rings (SSSR count). The molecule has 0 atom stereocenters. The van der Waals surface area contributed by atoms with Crippen molar-refractivity contribution in [2.24, 2.45) is 4.99 Å². The molecule has 0 spiro atoms. The second-order valence-electron chi connectivity index (χ2n) is 4.11. The molecule has 0 saturated carbocycles. The maximum absolute atomic E-state index is 8.69. The first-order valence-electron chi connectivity index (χ1n) is 6.29. The third kappa shape index (κ3) is 3.77. The summed E-state index contributed by atoms with van der Waals surface area (Å²) in [5.41, 5.74) is 2.80. The molecule has 0 saturated heterocycles. The number of hydrogen-bond acceptors (Lipinski definition) is 4. The van der Waals surface area contributed by atoms with Gasteiger partial charge < -0.3 is 4.74 Å². The van der Waals surface area contributed by atoms with E-state index in [1.165, 1.54) is 11.8 Å². The van der Waals surface area contributed by atoms with Gasteiger partial charge in [0.2, 0.25) is 0 Å². The number of methoxy groups -OCH3 is 1. The highest BCUT2D eigenvalue weighted by Crippen LogP contribution is 2.33. The minimum absolute atomic E-state index is 0.557. The Hall–Kier alpha value is -2.45. The Kier molecular flexibility index (Phi) is 5.24. The zero-order chi connectivity index (χ0) is 15.1. The van der Waals surface area contributed by atoms with Crippen LogP contribution < -0.4 is 10.1 Å². The van der Waals surface area contributed by atoms with Gasteiger partial charge in [-0.2, -0.15) is 5.26 Å². The fourth-order valence-corrected chi connectivity index (χ4v) is 2.24. The Morgan fingerprint density at radius 1 is 1.24 bits per heavy atom. The fourth-order valence-electron chi connectivity index (χ4n) is 1.90. The molecule has 2 aromatic carbocycles. The predicted molar refractivity (Wildman–Crippen MR) is 87.8 cm³/mol. The summed E-state index contributed by atoms with van der Waals surface area (Å²) in [4.78, 5) is 4.42. The lowest BCUT2D eigenvalue weighted by Crippen LogP contribution is -2.12. The summed E-state index contributed by atoms with van der Waals surface area (Å²) in [7, 11) is 1.65. The average Bonchev–Trinajstić information content (AvgIpc) is 2.55. The number of benzene rings is 2. The van der Waals surface area contributed by atoms with E-state index in [9.17, 15) is 0 Å². The molecule has 0 bridgehead atoms. The first kappa shape index (κ1) is 14.9. The van der Waals surface area contributed by atoms with E-state index in [0.29, 0.717) is 5.17 Å². The van der Waals surface area contributed by atoms with E-state index in [-0.39, 0.29) is 0 Å². The molecule has 0 aromatic heterocycles. The van der Waals surface area contributed by atoms with Gasteiger partial charge in [0.05, 0.1) is 12.8 Å². The summed E-state index contributed by atoms with van der Waals surface area (Å²) in [6, 6.07) is 15.7. The second kappa shape index (κ2) is 7.36. The Bertz CT molecular complexity index is 678. The standard InChI is InChI=1S/C16H15N3OS/c1-20-15-9-8-13(19-16(21-2)18-11-17)10-14(15)12-6-4-3-5-7-12/h3-10H,1-2H3,(H,18,19). The number of nitriles is 1. The van der Waals surface area contributed by atoms with E-state index in [1.54, 1.807) is 7.11 Å². The summed E-state index contributed by atoms with van der Waals surface area (Å²) < 4.78 is 5.41. The highest BCUT2D eigenvalue weighted by Gasteiger charge is 2.07. The lowest BCUT2D eigenvalue weighted by atomic mass is 10.0.